The van der Waals surface area contributed by atoms with Crippen molar-refractivity contribution in [2.24, 2.45) is 0 Å². The second-order valence-electron chi connectivity index (χ2n) is 6.84. The Balaban J connectivity index is 1.60. The SMILES string of the molecule is COc1cc(NC(=O)COC(=O)[C@H]2CS[C@]3(C)CCC(=O)N23)cc(OC)c1OC. The van der Waals surface area contributed by atoms with E-state index in [1.165, 1.54) is 21.3 Å². The molecule has 2 saturated heterocycles. The molecule has 2 atom stereocenters. The molecule has 0 unspecified atom stereocenters. The average Bonchev–Trinajstić information content (AvgIpc) is 3.21. The summed E-state index contributed by atoms with van der Waals surface area (Å²) in [4.78, 5) is 38.1. The van der Waals surface area contributed by atoms with Crippen LogP contribution < -0.4 is 19.5 Å². The summed E-state index contributed by atoms with van der Waals surface area (Å²) in [5.41, 5.74) is 0.402. The Labute approximate surface area is 173 Å². The number of carbonyl (C=O) groups is 3. The lowest BCUT2D eigenvalue weighted by Crippen LogP contribution is -2.47. The number of nitrogens with zero attached hydrogens (tertiary/aromatic N) is 1. The summed E-state index contributed by atoms with van der Waals surface area (Å²) in [6.07, 6.45) is 1.14. The van der Waals surface area contributed by atoms with Gasteiger partial charge in [0.2, 0.25) is 11.7 Å². The number of hydrogen-bond acceptors (Lipinski definition) is 8. The Hall–Kier alpha value is -2.62. The van der Waals surface area contributed by atoms with E-state index in [0.29, 0.717) is 41.5 Å². The van der Waals surface area contributed by atoms with Crippen LogP contribution in [-0.4, -0.2) is 67.3 Å². The Morgan fingerprint density at radius 3 is 2.45 bits per heavy atom. The summed E-state index contributed by atoms with van der Waals surface area (Å²) in [5, 5.41) is 2.63. The van der Waals surface area contributed by atoms with Gasteiger partial charge in [0.15, 0.2) is 18.1 Å². The second kappa shape index (κ2) is 8.40. The lowest BCUT2D eigenvalue weighted by Gasteiger charge is -2.29. The average molecular weight is 424 g/mol. The van der Waals surface area contributed by atoms with Crippen LogP contribution >= 0.6 is 11.8 Å². The molecule has 0 aliphatic carbocycles. The summed E-state index contributed by atoms with van der Waals surface area (Å²) in [7, 11) is 4.42. The summed E-state index contributed by atoms with van der Waals surface area (Å²) >= 11 is 1.57. The molecule has 0 saturated carbocycles. The first-order valence-corrected chi connectivity index (χ1v) is 10.0. The number of nitrogens with one attached hydrogen (secondary N) is 1. The molecule has 2 fully saturated rings. The summed E-state index contributed by atoms with van der Waals surface area (Å²) in [6, 6.07) is 2.49. The molecule has 1 aromatic rings. The lowest BCUT2D eigenvalue weighted by atomic mass is 10.2. The van der Waals surface area contributed by atoms with Gasteiger partial charge in [0.05, 0.1) is 26.2 Å². The van der Waals surface area contributed by atoms with E-state index in [2.05, 4.69) is 5.32 Å². The van der Waals surface area contributed by atoms with Crippen molar-refractivity contribution in [2.75, 3.05) is 39.0 Å². The molecule has 1 N–H and O–H groups in total. The van der Waals surface area contributed by atoms with Gasteiger partial charge in [-0.05, 0) is 13.3 Å². The predicted octanol–water partition coefficient (Wildman–Crippen LogP) is 1.65. The third kappa shape index (κ3) is 4.07. The van der Waals surface area contributed by atoms with Gasteiger partial charge < -0.3 is 29.2 Å². The van der Waals surface area contributed by atoms with E-state index in [-0.39, 0.29) is 10.8 Å². The minimum atomic E-state index is -0.658. The van der Waals surface area contributed by atoms with Gasteiger partial charge in [0.25, 0.3) is 5.91 Å². The van der Waals surface area contributed by atoms with Crippen molar-refractivity contribution < 1.29 is 33.3 Å². The Bertz CT molecular complexity index is 806. The molecule has 3 rings (SSSR count). The molecule has 0 spiro atoms. The van der Waals surface area contributed by atoms with Crippen LogP contribution in [0.15, 0.2) is 12.1 Å². The summed E-state index contributed by atoms with van der Waals surface area (Å²) < 4.78 is 20.9. The lowest BCUT2D eigenvalue weighted by molar-refractivity contribution is -0.155. The maximum atomic E-state index is 12.5. The van der Waals surface area contributed by atoms with E-state index in [1.807, 2.05) is 6.92 Å². The normalized spacial score (nSPS) is 22.8. The highest BCUT2D eigenvalue weighted by Gasteiger charge is 2.53. The topological polar surface area (TPSA) is 103 Å². The van der Waals surface area contributed by atoms with Crippen molar-refractivity contribution in [1.29, 1.82) is 0 Å². The van der Waals surface area contributed by atoms with Crippen LogP contribution in [0.1, 0.15) is 19.8 Å². The monoisotopic (exact) mass is 424 g/mol. The molecular weight excluding hydrogens is 400 g/mol. The first-order chi connectivity index (χ1) is 13.8. The maximum absolute atomic E-state index is 12.5. The quantitative estimate of drug-likeness (QED) is 0.659. The number of rotatable bonds is 7. The minimum absolute atomic E-state index is 0.0543. The summed E-state index contributed by atoms with van der Waals surface area (Å²) in [5.74, 6) is 0.487. The van der Waals surface area contributed by atoms with Crippen LogP contribution in [0, 0.1) is 0 Å². The van der Waals surface area contributed by atoms with Crippen LogP contribution in [0.4, 0.5) is 5.69 Å². The number of ether oxygens (including phenoxy) is 4. The number of methoxy groups -OCH3 is 3. The zero-order chi connectivity index (χ0) is 21.2. The third-order valence-electron chi connectivity index (χ3n) is 5.01. The number of amides is 2. The second-order valence-corrected chi connectivity index (χ2v) is 8.34. The van der Waals surface area contributed by atoms with Gasteiger partial charge >= 0.3 is 5.97 Å². The predicted molar refractivity (Wildman–Crippen MR) is 106 cm³/mol. The number of anilines is 1. The minimum Gasteiger partial charge on any atom is -0.493 e. The number of fused-ring (bicyclic) bond motifs is 1. The Morgan fingerprint density at radius 2 is 1.86 bits per heavy atom. The third-order valence-corrected chi connectivity index (χ3v) is 6.52. The van der Waals surface area contributed by atoms with E-state index in [4.69, 9.17) is 18.9 Å². The molecule has 2 aliphatic rings. The van der Waals surface area contributed by atoms with Crippen LogP contribution in [0.25, 0.3) is 0 Å². The van der Waals surface area contributed by atoms with Crippen molar-refractivity contribution in [1.82, 2.24) is 4.90 Å². The number of thioether (sulfide) groups is 1. The smallest absolute Gasteiger partial charge is 0.330 e. The largest absolute Gasteiger partial charge is 0.493 e. The molecule has 2 heterocycles. The molecule has 0 bridgehead atoms. The van der Waals surface area contributed by atoms with E-state index >= 15 is 0 Å². The fourth-order valence-electron chi connectivity index (χ4n) is 3.58. The maximum Gasteiger partial charge on any atom is 0.330 e. The van der Waals surface area contributed by atoms with Gasteiger partial charge in [0, 0.05) is 30.0 Å². The van der Waals surface area contributed by atoms with Crippen LogP contribution in [-0.2, 0) is 19.1 Å². The van der Waals surface area contributed by atoms with Crippen molar-refractivity contribution in [3.63, 3.8) is 0 Å². The number of esters is 1. The van der Waals surface area contributed by atoms with Crippen LogP contribution in [0.5, 0.6) is 17.2 Å². The highest BCUT2D eigenvalue weighted by molar-refractivity contribution is 8.01. The van der Waals surface area contributed by atoms with Gasteiger partial charge in [-0.15, -0.1) is 11.8 Å². The van der Waals surface area contributed by atoms with Crippen LogP contribution in [0.3, 0.4) is 0 Å². The Morgan fingerprint density at radius 1 is 1.21 bits per heavy atom. The zero-order valence-corrected chi connectivity index (χ0v) is 17.6. The first kappa shape index (κ1) is 21.1. The van der Waals surface area contributed by atoms with Gasteiger partial charge in [-0.3, -0.25) is 9.59 Å². The van der Waals surface area contributed by atoms with E-state index in [0.717, 1.165) is 0 Å². The van der Waals surface area contributed by atoms with Crippen molar-refractivity contribution >= 4 is 35.2 Å². The van der Waals surface area contributed by atoms with Crippen molar-refractivity contribution in [2.45, 2.75) is 30.7 Å². The molecule has 29 heavy (non-hydrogen) atoms. The standard InChI is InChI=1S/C19H24N2O7S/c1-19-6-5-16(23)21(19)12(10-29-19)18(24)28-9-15(22)20-11-7-13(25-2)17(27-4)14(8-11)26-3/h7-8,12H,5-6,9-10H2,1-4H3,(H,20,22)/t12-,19-/m1/s1. The fraction of sp³-hybridized carbons (Fsp3) is 0.526. The molecule has 158 valence electrons. The zero-order valence-electron chi connectivity index (χ0n) is 16.8. The van der Waals surface area contributed by atoms with Gasteiger partial charge in [0.1, 0.15) is 6.04 Å². The Kier molecular flexibility index (Phi) is 6.11. The van der Waals surface area contributed by atoms with E-state index < -0.39 is 24.5 Å². The van der Waals surface area contributed by atoms with Gasteiger partial charge in [-0.2, -0.15) is 0 Å². The number of benzene rings is 1. The number of hydrogen-bond donors (Lipinski definition) is 1. The molecular formula is C19H24N2O7S. The summed E-state index contributed by atoms with van der Waals surface area (Å²) in [6.45, 7) is 1.49. The first-order valence-electron chi connectivity index (χ1n) is 9.05. The van der Waals surface area contributed by atoms with E-state index in [9.17, 15) is 14.4 Å². The molecule has 10 heteroatoms. The molecule has 0 radical (unpaired) electrons. The molecule has 9 nitrogen and oxygen atoms in total. The molecule has 1 aromatic carbocycles. The number of carbonyl (C=O) groups excluding carboxylic acids is 3. The van der Waals surface area contributed by atoms with Crippen molar-refractivity contribution in [3.8, 4) is 17.2 Å². The van der Waals surface area contributed by atoms with E-state index in [1.54, 1.807) is 28.8 Å². The van der Waals surface area contributed by atoms with Gasteiger partial charge in [-0.25, -0.2) is 4.79 Å². The van der Waals surface area contributed by atoms with Gasteiger partial charge in [-0.1, -0.05) is 0 Å². The highest BCUT2D eigenvalue weighted by Crippen LogP contribution is 2.47. The molecule has 0 aromatic heterocycles. The van der Waals surface area contributed by atoms with Crippen molar-refractivity contribution in [3.05, 3.63) is 12.1 Å². The fourth-order valence-corrected chi connectivity index (χ4v) is 4.99. The molecule has 2 amide bonds. The molecule has 2 aliphatic heterocycles. The van der Waals surface area contributed by atoms with Crippen LogP contribution in [0.2, 0.25) is 0 Å². The highest BCUT2D eigenvalue weighted by atomic mass is 32.2.